The highest BCUT2D eigenvalue weighted by atomic mass is 16.4. The smallest absolute Gasteiger partial charge is 0.333 e. The minimum absolute atomic E-state index is 0.334. The van der Waals surface area contributed by atoms with E-state index < -0.39 is 5.97 Å². The van der Waals surface area contributed by atoms with E-state index in [1.807, 2.05) is 6.92 Å². The van der Waals surface area contributed by atoms with Crippen molar-refractivity contribution in [2.45, 2.75) is 13.3 Å². The van der Waals surface area contributed by atoms with Crippen molar-refractivity contribution in [3.05, 3.63) is 11.6 Å². The molecule has 1 N–H and O–H groups in total. The van der Waals surface area contributed by atoms with Gasteiger partial charge in [-0.3, -0.25) is 4.99 Å². The van der Waals surface area contributed by atoms with Crippen LogP contribution in [0.2, 0.25) is 0 Å². The van der Waals surface area contributed by atoms with Crippen LogP contribution in [0.1, 0.15) is 13.3 Å². The van der Waals surface area contributed by atoms with Gasteiger partial charge in [0.05, 0.1) is 12.1 Å². The zero-order valence-electron chi connectivity index (χ0n) is 5.79. The van der Waals surface area contributed by atoms with E-state index >= 15 is 0 Å². The SMILES string of the molecule is CC1=NCC(C(=O)O)=CC1. The van der Waals surface area contributed by atoms with Gasteiger partial charge in [-0.1, -0.05) is 6.08 Å². The van der Waals surface area contributed by atoms with Crippen LogP contribution in [0.3, 0.4) is 0 Å². The second-order valence-corrected chi connectivity index (χ2v) is 2.29. The first-order valence-corrected chi connectivity index (χ1v) is 3.12. The molecule has 0 spiro atoms. The fraction of sp³-hybridized carbons (Fsp3) is 0.429. The van der Waals surface area contributed by atoms with Crippen LogP contribution < -0.4 is 0 Å². The van der Waals surface area contributed by atoms with Crippen molar-refractivity contribution in [1.82, 2.24) is 0 Å². The Labute approximate surface area is 59.1 Å². The molecule has 1 aliphatic heterocycles. The van der Waals surface area contributed by atoms with Gasteiger partial charge in [-0.15, -0.1) is 0 Å². The molecule has 0 unspecified atom stereocenters. The van der Waals surface area contributed by atoms with E-state index in [4.69, 9.17) is 5.11 Å². The summed E-state index contributed by atoms with van der Waals surface area (Å²) in [5.74, 6) is -0.851. The Morgan fingerprint density at radius 1 is 1.80 bits per heavy atom. The van der Waals surface area contributed by atoms with E-state index in [0.717, 1.165) is 5.71 Å². The molecule has 0 atom stereocenters. The van der Waals surface area contributed by atoms with Crippen molar-refractivity contribution in [1.29, 1.82) is 0 Å². The van der Waals surface area contributed by atoms with Crippen molar-refractivity contribution >= 4 is 11.7 Å². The lowest BCUT2D eigenvalue weighted by atomic mass is 10.1. The van der Waals surface area contributed by atoms with Gasteiger partial charge in [0.15, 0.2) is 0 Å². The van der Waals surface area contributed by atoms with Crippen LogP contribution in [0.25, 0.3) is 0 Å². The van der Waals surface area contributed by atoms with Crippen LogP contribution in [0.4, 0.5) is 0 Å². The molecule has 0 fully saturated rings. The molecule has 0 aromatic carbocycles. The minimum atomic E-state index is -0.851. The van der Waals surface area contributed by atoms with Crippen molar-refractivity contribution in [3.63, 3.8) is 0 Å². The van der Waals surface area contributed by atoms with Gasteiger partial charge >= 0.3 is 5.97 Å². The Bertz CT molecular complexity index is 216. The Kier molecular flexibility index (Phi) is 1.85. The summed E-state index contributed by atoms with van der Waals surface area (Å²) in [6, 6.07) is 0. The number of allylic oxidation sites excluding steroid dienone is 1. The standard InChI is InChI=1S/C7H9NO2/c1-5-2-3-6(4-8-5)7(9)10/h3H,2,4H2,1H3,(H,9,10). The molecule has 3 nitrogen and oxygen atoms in total. The maximum Gasteiger partial charge on any atom is 0.333 e. The van der Waals surface area contributed by atoms with Gasteiger partial charge in [0, 0.05) is 12.1 Å². The highest BCUT2D eigenvalue weighted by molar-refractivity contribution is 5.92. The summed E-state index contributed by atoms with van der Waals surface area (Å²) in [4.78, 5) is 14.3. The third-order valence-corrected chi connectivity index (χ3v) is 1.44. The Morgan fingerprint density at radius 2 is 2.50 bits per heavy atom. The number of rotatable bonds is 1. The van der Waals surface area contributed by atoms with Crippen molar-refractivity contribution in [2.75, 3.05) is 6.54 Å². The summed E-state index contributed by atoms with van der Waals surface area (Å²) >= 11 is 0. The van der Waals surface area contributed by atoms with Crippen LogP contribution in [0.15, 0.2) is 16.6 Å². The molecule has 0 saturated carbocycles. The van der Waals surface area contributed by atoms with E-state index in [2.05, 4.69) is 4.99 Å². The Hall–Kier alpha value is -1.12. The zero-order valence-corrected chi connectivity index (χ0v) is 5.79. The lowest BCUT2D eigenvalue weighted by molar-refractivity contribution is -0.132. The Balaban J connectivity index is 2.62. The monoisotopic (exact) mass is 139 g/mol. The number of hydrogen-bond donors (Lipinski definition) is 1. The van der Waals surface area contributed by atoms with Crippen molar-refractivity contribution in [3.8, 4) is 0 Å². The van der Waals surface area contributed by atoms with Gasteiger partial charge in [-0.25, -0.2) is 4.79 Å². The number of carbonyl (C=O) groups is 1. The molecule has 0 radical (unpaired) electrons. The van der Waals surface area contributed by atoms with Gasteiger partial charge < -0.3 is 5.11 Å². The minimum Gasteiger partial charge on any atom is -0.478 e. The Morgan fingerprint density at radius 3 is 2.90 bits per heavy atom. The molecular formula is C7H9NO2. The highest BCUT2D eigenvalue weighted by Crippen LogP contribution is 2.05. The molecule has 0 aromatic rings. The van der Waals surface area contributed by atoms with Gasteiger partial charge in [-0.2, -0.15) is 0 Å². The lowest BCUT2D eigenvalue weighted by Crippen LogP contribution is -2.09. The number of nitrogens with zero attached hydrogens (tertiary/aromatic N) is 1. The number of dihydropyridines is 1. The first kappa shape index (κ1) is 6.99. The zero-order chi connectivity index (χ0) is 7.56. The van der Waals surface area contributed by atoms with Crippen molar-refractivity contribution < 1.29 is 9.90 Å². The van der Waals surface area contributed by atoms with Crippen molar-refractivity contribution in [2.24, 2.45) is 4.99 Å². The largest absolute Gasteiger partial charge is 0.478 e. The first-order valence-electron chi connectivity index (χ1n) is 3.12. The average molecular weight is 139 g/mol. The van der Waals surface area contributed by atoms with E-state index in [1.165, 1.54) is 0 Å². The molecule has 0 aliphatic carbocycles. The molecular weight excluding hydrogens is 130 g/mol. The van der Waals surface area contributed by atoms with Gasteiger partial charge in [0.2, 0.25) is 0 Å². The number of carboxylic acid groups (broad SMARTS) is 1. The molecule has 0 amide bonds. The highest BCUT2D eigenvalue weighted by Gasteiger charge is 2.09. The lowest BCUT2D eigenvalue weighted by Gasteiger charge is -2.05. The number of carboxylic acids is 1. The quantitative estimate of drug-likeness (QED) is 0.585. The third-order valence-electron chi connectivity index (χ3n) is 1.44. The summed E-state index contributed by atoms with van der Waals surface area (Å²) in [6.07, 6.45) is 2.40. The molecule has 3 heteroatoms. The molecule has 0 bridgehead atoms. The molecule has 1 aliphatic rings. The van der Waals surface area contributed by atoms with Crippen LogP contribution in [-0.4, -0.2) is 23.3 Å². The van der Waals surface area contributed by atoms with E-state index in [9.17, 15) is 4.79 Å². The van der Waals surface area contributed by atoms with E-state index in [-0.39, 0.29) is 0 Å². The normalized spacial score (nSPS) is 17.7. The van der Waals surface area contributed by atoms with Crippen LogP contribution in [-0.2, 0) is 4.79 Å². The third kappa shape index (κ3) is 1.43. The second kappa shape index (κ2) is 2.64. The maximum atomic E-state index is 10.3. The fourth-order valence-electron chi connectivity index (χ4n) is 0.775. The summed E-state index contributed by atoms with van der Waals surface area (Å²) in [5.41, 5.74) is 1.41. The summed E-state index contributed by atoms with van der Waals surface area (Å²) in [5, 5.41) is 8.49. The van der Waals surface area contributed by atoms with Crippen LogP contribution in [0.5, 0.6) is 0 Å². The average Bonchev–Trinajstić information content (AvgIpc) is 1.88. The molecule has 0 saturated heterocycles. The maximum absolute atomic E-state index is 10.3. The van der Waals surface area contributed by atoms with Crippen LogP contribution >= 0.6 is 0 Å². The number of aliphatic carboxylic acids is 1. The predicted octanol–water partition coefficient (Wildman–Crippen LogP) is 0.862. The molecule has 1 heterocycles. The summed E-state index contributed by atoms with van der Waals surface area (Å²) in [7, 11) is 0. The molecule has 1 rings (SSSR count). The molecule has 54 valence electrons. The first-order chi connectivity index (χ1) is 4.70. The molecule has 0 aromatic heterocycles. The predicted molar refractivity (Wildman–Crippen MR) is 38.3 cm³/mol. The van der Waals surface area contributed by atoms with Gasteiger partial charge in [-0.05, 0) is 6.92 Å². The van der Waals surface area contributed by atoms with E-state index in [1.54, 1.807) is 6.08 Å². The van der Waals surface area contributed by atoms with Crippen LogP contribution in [0, 0.1) is 0 Å². The molecule has 10 heavy (non-hydrogen) atoms. The number of aliphatic imine (C=N–C) groups is 1. The second-order valence-electron chi connectivity index (χ2n) is 2.29. The van der Waals surface area contributed by atoms with E-state index in [0.29, 0.717) is 18.5 Å². The summed E-state index contributed by atoms with van der Waals surface area (Å²) < 4.78 is 0. The fourth-order valence-corrected chi connectivity index (χ4v) is 0.775. The van der Waals surface area contributed by atoms with Gasteiger partial charge in [0.1, 0.15) is 0 Å². The summed E-state index contributed by atoms with van der Waals surface area (Å²) in [6.45, 7) is 2.23. The van der Waals surface area contributed by atoms with Gasteiger partial charge in [0.25, 0.3) is 0 Å². The topological polar surface area (TPSA) is 49.7 Å². The number of hydrogen-bond acceptors (Lipinski definition) is 2.